The third-order valence-electron chi connectivity index (χ3n) is 2.10. The third kappa shape index (κ3) is 1.48. The Morgan fingerprint density at radius 3 is 2.80 bits per heavy atom. The topological polar surface area (TPSA) is 46.3 Å². The molecule has 3 heteroatoms. The first-order valence-electron chi connectivity index (χ1n) is 3.76. The molecule has 3 nitrogen and oxygen atoms in total. The number of nitrogens with two attached hydrogens (primary N) is 1. The van der Waals surface area contributed by atoms with Crippen molar-refractivity contribution in [1.29, 1.82) is 0 Å². The van der Waals surface area contributed by atoms with Crippen LogP contribution < -0.4 is 5.73 Å². The van der Waals surface area contributed by atoms with E-state index in [4.69, 9.17) is 5.73 Å². The van der Waals surface area contributed by atoms with E-state index in [2.05, 4.69) is 11.8 Å². The first-order valence-corrected chi connectivity index (χ1v) is 3.76. The molecule has 1 heterocycles. The van der Waals surface area contributed by atoms with Gasteiger partial charge in [-0.2, -0.15) is 0 Å². The van der Waals surface area contributed by atoms with Gasteiger partial charge in [0.1, 0.15) is 0 Å². The van der Waals surface area contributed by atoms with E-state index in [0.717, 1.165) is 13.0 Å². The van der Waals surface area contributed by atoms with Crippen molar-refractivity contribution in [2.45, 2.75) is 25.8 Å². The number of hydrogen-bond donors (Lipinski definition) is 1. The second-order valence-electron chi connectivity index (χ2n) is 2.79. The van der Waals surface area contributed by atoms with Crippen molar-refractivity contribution in [3.8, 4) is 0 Å². The number of hydrogen-bond acceptors (Lipinski definition) is 2. The molecule has 0 aromatic carbocycles. The van der Waals surface area contributed by atoms with Gasteiger partial charge in [0, 0.05) is 12.6 Å². The minimum absolute atomic E-state index is 0.210. The fourth-order valence-corrected chi connectivity index (χ4v) is 1.36. The molecule has 1 fully saturated rings. The van der Waals surface area contributed by atoms with E-state index in [9.17, 15) is 4.79 Å². The van der Waals surface area contributed by atoms with Gasteiger partial charge in [-0.1, -0.05) is 6.92 Å². The minimum Gasteiger partial charge on any atom is -0.369 e. The van der Waals surface area contributed by atoms with E-state index in [1.807, 2.05) is 0 Å². The SMILES string of the molecule is CCC1CCN1CC(N)=O. The minimum atomic E-state index is -0.210. The molecule has 0 saturated carbocycles. The van der Waals surface area contributed by atoms with Gasteiger partial charge >= 0.3 is 0 Å². The number of likely N-dealkylation sites (tertiary alicyclic amines) is 1. The van der Waals surface area contributed by atoms with Gasteiger partial charge in [-0.15, -0.1) is 0 Å². The van der Waals surface area contributed by atoms with Gasteiger partial charge in [0.25, 0.3) is 0 Å². The van der Waals surface area contributed by atoms with Crippen LogP contribution in [0, 0.1) is 0 Å². The molecule has 10 heavy (non-hydrogen) atoms. The van der Waals surface area contributed by atoms with Crippen LogP contribution in [0.5, 0.6) is 0 Å². The summed E-state index contributed by atoms with van der Waals surface area (Å²) >= 11 is 0. The fraction of sp³-hybridized carbons (Fsp3) is 0.857. The molecule has 0 bridgehead atoms. The molecule has 1 aliphatic heterocycles. The summed E-state index contributed by atoms with van der Waals surface area (Å²) in [5, 5.41) is 0. The van der Waals surface area contributed by atoms with Crippen molar-refractivity contribution in [2.75, 3.05) is 13.1 Å². The lowest BCUT2D eigenvalue weighted by atomic mass is 10.0. The van der Waals surface area contributed by atoms with Gasteiger partial charge in [-0.05, 0) is 12.8 Å². The summed E-state index contributed by atoms with van der Waals surface area (Å²) in [5.74, 6) is -0.210. The van der Waals surface area contributed by atoms with Crippen molar-refractivity contribution in [1.82, 2.24) is 4.90 Å². The van der Waals surface area contributed by atoms with Gasteiger partial charge in [0.2, 0.25) is 5.91 Å². The number of nitrogens with zero attached hydrogens (tertiary/aromatic N) is 1. The molecule has 1 atom stereocenters. The van der Waals surface area contributed by atoms with Crippen LogP contribution in [0.1, 0.15) is 19.8 Å². The molecular weight excluding hydrogens is 128 g/mol. The van der Waals surface area contributed by atoms with Gasteiger partial charge in [-0.3, -0.25) is 9.69 Å². The van der Waals surface area contributed by atoms with Crippen LogP contribution in [-0.2, 0) is 4.79 Å². The van der Waals surface area contributed by atoms with Gasteiger partial charge in [0.05, 0.1) is 6.54 Å². The maximum atomic E-state index is 10.4. The maximum absolute atomic E-state index is 10.4. The predicted octanol–water partition coefficient (Wildman–Crippen LogP) is -0.0440. The molecule has 1 unspecified atom stereocenters. The van der Waals surface area contributed by atoms with E-state index in [1.54, 1.807) is 0 Å². The van der Waals surface area contributed by atoms with Crippen LogP contribution in [0.2, 0.25) is 0 Å². The molecule has 0 aromatic rings. The van der Waals surface area contributed by atoms with Crippen molar-refractivity contribution < 1.29 is 4.79 Å². The quantitative estimate of drug-likeness (QED) is 0.601. The number of primary amides is 1. The summed E-state index contributed by atoms with van der Waals surface area (Å²) in [5.41, 5.74) is 5.04. The Kier molecular flexibility index (Phi) is 2.27. The smallest absolute Gasteiger partial charge is 0.231 e. The molecule has 0 radical (unpaired) electrons. The van der Waals surface area contributed by atoms with E-state index in [1.165, 1.54) is 6.42 Å². The summed E-state index contributed by atoms with van der Waals surface area (Å²) in [6.45, 7) is 3.62. The van der Waals surface area contributed by atoms with Crippen LogP contribution in [0.25, 0.3) is 0 Å². The third-order valence-corrected chi connectivity index (χ3v) is 2.10. The van der Waals surface area contributed by atoms with Crippen molar-refractivity contribution in [3.63, 3.8) is 0 Å². The highest BCUT2D eigenvalue weighted by atomic mass is 16.1. The number of rotatable bonds is 3. The zero-order chi connectivity index (χ0) is 7.56. The normalized spacial score (nSPS) is 25.9. The van der Waals surface area contributed by atoms with Crippen LogP contribution in [-0.4, -0.2) is 29.9 Å². The van der Waals surface area contributed by atoms with Gasteiger partial charge in [-0.25, -0.2) is 0 Å². The summed E-state index contributed by atoms with van der Waals surface area (Å²) in [7, 11) is 0. The van der Waals surface area contributed by atoms with Crippen LogP contribution in [0.4, 0.5) is 0 Å². The molecule has 1 saturated heterocycles. The Bertz CT molecular complexity index is 134. The zero-order valence-electron chi connectivity index (χ0n) is 6.34. The maximum Gasteiger partial charge on any atom is 0.231 e. The lowest BCUT2D eigenvalue weighted by Crippen LogP contribution is -2.50. The zero-order valence-corrected chi connectivity index (χ0v) is 6.34. The predicted molar refractivity (Wildman–Crippen MR) is 39.5 cm³/mol. The van der Waals surface area contributed by atoms with Crippen molar-refractivity contribution in [3.05, 3.63) is 0 Å². The van der Waals surface area contributed by atoms with Gasteiger partial charge in [0.15, 0.2) is 0 Å². The average molecular weight is 142 g/mol. The second kappa shape index (κ2) is 3.01. The lowest BCUT2D eigenvalue weighted by Gasteiger charge is -2.39. The van der Waals surface area contributed by atoms with E-state index >= 15 is 0 Å². The lowest BCUT2D eigenvalue weighted by molar-refractivity contribution is -0.121. The Morgan fingerprint density at radius 2 is 2.50 bits per heavy atom. The van der Waals surface area contributed by atoms with Crippen molar-refractivity contribution in [2.24, 2.45) is 5.73 Å². The summed E-state index contributed by atoms with van der Waals surface area (Å²) in [6, 6.07) is 0.618. The summed E-state index contributed by atoms with van der Waals surface area (Å²) in [4.78, 5) is 12.6. The highest BCUT2D eigenvalue weighted by Gasteiger charge is 2.26. The average Bonchev–Trinajstić information content (AvgIpc) is 1.82. The molecule has 0 aliphatic carbocycles. The van der Waals surface area contributed by atoms with E-state index in [0.29, 0.717) is 12.6 Å². The van der Waals surface area contributed by atoms with Crippen LogP contribution >= 0.6 is 0 Å². The van der Waals surface area contributed by atoms with E-state index in [-0.39, 0.29) is 5.91 Å². The first-order chi connectivity index (χ1) is 4.74. The Hall–Kier alpha value is -0.570. The summed E-state index contributed by atoms with van der Waals surface area (Å²) in [6.07, 6.45) is 2.36. The molecule has 58 valence electrons. The Balaban J connectivity index is 2.23. The molecule has 0 aromatic heterocycles. The number of amides is 1. The Morgan fingerprint density at radius 1 is 1.80 bits per heavy atom. The molecule has 1 rings (SSSR count). The largest absolute Gasteiger partial charge is 0.369 e. The first kappa shape index (κ1) is 7.54. The highest BCUT2D eigenvalue weighted by molar-refractivity contribution is 5.76. The number of carbonyl (C=O) groups is 1. The molecule has 1 amide bonds. The summed E-state index contributed by atoms with van der Waals surface area (Å²) < 4.78 is 0. The highest BCUT2D eigenvalue weighted by Crippen LogP contribution is 2.18. The molecule has 1 aliphatic rings. The second-order valence-corrected chi connectivity index (χ2v) is 2.79. The van der Waals surface area contributed by atoms with Gasteiger partial charge < -0.3 is 5.73 Å². The molecule has 0 spiro atoms. The van der Waals surface area contributed by atoms with E-state index < -0.39 is 0 Å². The Labute approximate surface area is 61.2 Å². The van der Waals surface area contributed by atoms with Crippen molar-refractivity contribution >= 4 is 5.91 Å². The van der Waals surface area contributed by atoms with Crippen LogP contribution in [0.3, 0.4) is 0 Å². The molecular formula is C7H14N2O. The number of carbonyl (C=O) groups excluding carboxylic acids is 1. The monoisotopic (exact) mass is 142 g/mol. The molecule has 2 N–H and O–H groups in total. The fourth-order valence-electron chi connectivity index (χ4n) is 1.36. The standard InChI is InChI=1S/C7H14N2O/c1-2-6-3-4-9(6)5-7(8)10/h6H,2-5H2,1H3,(H2,8,10). The van der Waals surface area contributed by atoms with Crippen LogP contribution in [0.15, 0.2) is 0 Å².